The van der Waals surface area contributed by atoms with Crippen LogP contribution in [0.4, 0.5) is 0 Å². The van der Waals surface area contributed by atoms with Crippen molar-refractivity contribution in [3.8, 4) is 0 Å². The zero-order valence-electron chi connectivity index (χ0n) is 7.04. The molecule has 5 heteroatoms. The molecule has 0 aromatic heterocycles. The van der Waals surface area contributed by atoms with Crippen LogP contribution >= 0.6 is 0 Å². The second kappa shape index (κ2) is 3.68. The lowest BCUT2D eigenvalue weighted by molar-refractivity contribution is -0.148. The van der Waals surface area contributed by atoms with E-state index < -0.39 is 30.7 Å². The molecular formula is C7H14O5. The van der Waals surface area contributed by atoms with Gasteiger partial charge >= 0.3 is 0 Å². The minimum atomic E-state index is -1.16. The summed E-state index contributed by atoms with van der Waals surface area (Å²) < 4.78 is 9.65. The van der Waals surface area contributed by atoms with Crippen LogP contribution in [-0.4, -0.2) is 53.1 Å². The fourth-order valence-corrected chi connectivity index (χ4v) is 1.33. The summed E-state index contributed by atoms with van der Waals surface area (Å²) >= 11 is 0. The van der Waals surface area contributed by atoms with Crippen molar-refractivity contribution in [1.29, 1.82) is 0 Å². The number of rotatable bonds is 2. The maximum Gasteiger partial charge on any atom is 0.184 e. The number of aliphatic hydroxyl groups is 3. The summed E-state index contributed by atoms with van der Waals surface area (Å²) in [6, 6.07) is 0. The van der Waals surface area contributed by atoms with Gasteiger partial charge in [-0.1, -0.05) is 0 Å². The van der Waals surface area contributed by atoms with Gasteiger partial charge in [-0.15, -0.1) is 0 Å². The molecule has 0 saturated carbocycles. The van der Waals surface area contributed by atoms with Gasteiger partial charge in [0.05, 0.1) is 6.10 Å². The largest absolute Gasteiger partial charge is 0.391 e. The van der Waals surface area contributed by atoms with Crippen molar-refractivity contribution < 1.29 is 24.8 Å². The lowest BCUT2D eigenvalue weighted by Gasteiger charge is -2.17. The van der Waals surface area contributed by atoms with Gasteiger partial charge in [0, 0.05) is 7.11 Å². The molecule has 0 radical (unpaired) electrons. The van der Waals surface area contributed by atoms with Crippen LogP contribution in [0.3, 0.4) is 0 Å². The fraction of sp³-hybridized carbons (Fsp3) is 1.00. The molecule has 0 aliphatic carbocycles. The average Bonchev–Trinajstić information content (AvgIpc) is 2.27. The second-order valence-corrected chi connectivity index (χ2v) is 2.92. The quantitative estimate of drug-likeness (QED) is 0.477. The molecule has 12 heavy (non-hydrogen) atoms. The van der Waals surface area contributed by atoms with Crippen molar-refractivity contribution in [3.63, 3.8) is 0 Å². The number of hydrogen-bond donors (Lipinski definition) is 3. The van der Waals surface area contributed by atoms with E-state index in [9.17, 15) is 5.11 Å². The van der Waals surface area contributed by atoms with Gasteiger partial charge in [-0.05, 0) is 6.92 Å². The molecule has 1 saturated heterocycles. The predicted molar refractivity (Wildman–Crippen MR) is 39.4 cm³/mol. The van der Waals surface area contributed by atoms with Crippen molar-refractivity contribution in [2.24, 2.45) is 0 Å². The Hall–Kier alpha value is -0.200. The highest BCUT2D eigenvalue weighted by Crippen LogP contribution is 2.23. The van der Waals surface area contributed by atoms with E-state index in [4.69, 9.17) is 19.7 Å². The third kappa shape index (κ3) is 1.60. The Morgan fingerprint density at radius 1 is 1.42 bits per heavy atom. The molecule has 0 amide bonds. The van der Waals surface area contributed by atoms with Crippen molar-refractivity contribution in [2.45, 2.75) is 37.6 Å². The first kappa shape index (κ1) is 9.88. The van der Waals surface area contributed by atoms with Crippen LogP contribution in [0.5, 0.6) is 0 Å². The van der Waals surface area contributed by atoms with E-state index in [0.29, 0.717) is 0 Å². The minimum absolute atomic E-state index is 0.773. The third-order valence-electron chi connectivity index (χ3n) is 2.00. The molecule has 1 fully saturated rings. The molecule has 0 aromatic carbocycles. The highest BCUT2D eigenvalue weighted by atomic mass is 16.7. The lowest BCUT2D eigenvalue weighted by Crippen LogP contribution is -2.38. The Kier molecular flexibility index (Phi) is 3.03. The molecular weight excluding hydrogens is 164 g/mol. The standard InChI is InChI=1S/C7H14O5/c1-3(8)5-4(9)6(11-2)7(10)12-5/h3-10H,1-2H3. The van der Waals surface area contributed by atoms with Gasteiger partial charge in [0.2, 0.25) is 0 Å². The molecule has 0 aromatic rings. The zero-order valence-corrected chi connectivity index (χ0v) is 7.04. The first-order valence-electron chi connectivity index (χ1n) is 3.80. The van der Waals surface area contributed by atoms with E-state index in [1.165, 1.54) is 14.0 Å². The van der Waals surface area contributed by atoms with Crippen LogP contribution in [0, 0.1) is 0 Å². The number of ether oxygens (including phenoxy) is 2. The van der Waals surface area contributed by atoms with Crippen molar-refractivity contribution in [3.05, 3.63) is 0 Å². The molecule has 5 nitrogen and oxygen atoms in total. The summed E-state index contributed by atoms with van der Waals surface area (Å²) in [5.74, 6) is 0. The molecule has 0 bridgehead atoms. The van der Waals surface area contributed by atoms with Gasteiger partial charge in [0.25, 0.3) is 0 Å². The normalized spacial score (nSPS) is 44.8. The van der Waals surface area contributed by atoms with Crippen LogP contribution < -0.4 is 0 Å². The maximum atomic E-state index is 9.42. The smallest absolute Gasteiger partial charge is 0.184 e. The molecule has 5 atom stereocenters. The Morgan fingerprint density at radius 2 is 2.00 bits per heavy atom. The Balaban J connectivity index is 2.62. The van der Waals surface area contributed by atoms with E-state index in [1.54, 1.807) is 0 Å². The molecule has 0 spiro atoms. The van der Waals surface area contributed by atoms with Crippen molar-refractivity contribution >= 4 is 0 Å². The average molecular weight is 178 g/mol. The van der Waals surface area contributed by atoms with Gasteiger partial charge in [-0.25, -0.2) is 0 Å². The van der Waals surface area contributed by atoms with Gasteiger partial charge in [0.1, 0.15) is 18.3 Å². The first-order valence-corrected chi connectivity index (χ1v) is 3.80. The molecule has 72 valence electrons. The molecule has 1 aliphatic rings. The fourth-order valence-electron chi connectivity index (χ4n) is 1.33. The monoisotopic (exact) mass is 178 g/mol. The first-order chi connectivity index (χ1) is 5.57. The van der Waals surface area contributed by atoms with Gasteiger partial charge in [-0.3, -0.25) is 0 Å². The number of hydrogen-bond acceptors (Lipinski definition) is 5. The maximum absolute atomic E-state index is 9.42. The summed E-state index contributed by atoms with van der Waals surface area (Å²) in [4.78, 5) is 0. The topological polar surface area (TPSA) is 79.2 Å². The SMILES string of the molecule is COC1C(O)OC(C(C)O)C1O. The summed E-state index contributed by atoms with van der Waals surface area (Å²) in [6.07, 6.45) is -4.51. The zero-order chi connectivity index (χ0) is 9.30. The molecule has 1 aliphatic heterocycles. The molecule has 1 rings (SSSR count). The van der Waals surface area contributed by atoms with Crippen LogP contribution in [0.2, 0.25) is 0 Å². The number of methoxy groups -OCH3 is 1. The minimum Gasteiger partial charge on any atom is -0.391 e. The van der Waals surface area contributed by atoms with Gasteiger partial charge in [0.15, 0.2) is 6.29 Å². The van der Waals surface area contributed by atoms with E-state index in [2.05, 4.69) is 0 Å². The van der Waals surface area contributed by atoms with Gasteiger partial charge in [-0.2, -0.15) is 0 Å². The third-order valence-corrected chi connectivity index (χ3v) is 2.00. The molecule has 3 N–H and O–H groups in total. The van der Waals surface area contributed by atoms with Crippen LogP contribution in [0.15, 0.2) is 0 Å². The van der Waals surface area contributed by atoms with E-state index >= 15 is 0 Å². The summed E-state index contributed by atoms with van der Waals surface area (Å²) in [5, 5.41) is 27.7. The molecule has 5 unspecified atom stereocenters. The van der Waals surface area contributed by atoms with Gasteiger partial charge < -0.3 is 24.8 Å². The van der Waals surface area contributed by atoms with Crippen LogP contribution in [0.25, 0.3) is 0 Å². The van der Waals surface area contributed by atoms with E-state index in [-0.39, 0.29) is 0 Å². The Morgan fingerprint density at radius 3 is 2.25 bits per heavy atom. The van der Waals surface area contributed by atoms with Crippen molar-refractivity contribution in [1.82, 2.24) is 0 Å². The number of aliphatic hydroxyl groups excluding tert-OH is 3. The summed E-state index contributed by atoms with van der Waals surface area (Å²) in [5.41, 5.74) is 0. The van der Waals surface area contributed by atoms with Crippen molar-refractivity contribution in [2.75, 3.05) is 7.11 Å². The Labute approximate surface area is 70.5 Å². The highest BCUT2D eigenvalue weighted by Gasteiger charge is 2.45. The highest BCUT2D eigenvalue weighted by molar-refractivity contribution is 4.89. The predicted octanol–water partition coefficient (Wildman–Crippen LogP) is -1.54. The van der Waals surface area contributed by atoms with E-state index in [1.807, 2.05) is 0 Å². The Bertz CT molecular complexity index is 149. The lowest BCUT2D eigenvalue weighted by atomic mass is 10.1. The summed E-state index contributed by atoms with van der Waals surface area (Å²) in [7, 11) is 1.37. The van der Waals surface area contributed by atoms with Crippen LogP contribution in [-0.2, 0) is 9.47 Å². The molecule has 1 heterocycles. The van der Waals surface area contributed by atoms with E-state index in [0.717, 1.165) is 0 Å². The summed E-state index contributed by atoms with van der Waals surface area (Å²) in [6.45, 7) is 1.48. The van der Waals surface area contributed by atoms with Crippen LogP contribution in [0.1, 0.15) is 6.92 Å². The second-order valence-electron chi connectivity index (χ2n) is 2.92.